The molecule has 1 rings (SSSR count). The first kappa shape index (κ1) is 12.7. The van der Waals surface area contributed by atoms with Crippen LogP contribution in [0.25, 0.3) is 0 Å². The second-order valence-corrected chi connectivity index (χ2v) is 11.5. The minimum Gasteiger partial charge on any atom is -0.460 e. The average molecular weight is 230 g/mol. The Labute approximate surface area is 92.8 Å². The van der Waals surface area contributed by atoms with Gasteiger partial charge in [0.1, 0.15) is 6.10 Å². The molecule has 0 spiro atoms. The molecular weight excluding hydrogens is 208 g/mol. The predicted octanol–water partition coefficient (Wildman–Crippen LogP) is 2.10. The number of aliphatic hydroxyl groups excluding tert-OH is 1. The summed E-state index contributed by atoms with van der Waals surface area (Å²) >= 11 is 0. The number of rotatable bonds is 2. The van der Waals surface area contributed by atoms with Crippen molar-refractivity contribution in [3.63, 3.8) is 0 Å². The molecule has 1 unspecified atom stereocenters. The normalized spacial score (nSPS) is 25.2. The van der Waals surface area contributed by atoms with E-state index in [1.165, 1.54) is 0 Å². The largest absolute Gasteiger partial charge is 0.460 e. The van der Waals surface area contributed by atoms with Crippen molar-refractivity contribution >= 4 is 14.0 Å². The van der Waals surface area contributed by atoms with Gasteiger partial charge in [-0.1, -0.05) is 33.9 Å². The number of esters is 1. The van der Waals surface area contributed by atoms with Gasteiger partial charge in [-0.05, 0) is 11.5 Å². The molecule has 0 aromatic heterocycles. The summed E-state index contributed by atoms with van der Waals surface area (Å²) < 4.78 is 5.15. The summed E-state index contributed by atoms with van der Waals surface area (Å²) in [5.41, 5.74) is -0.455. The highest BCUT2D eigenvalue weighted by atomic mass is 28.3. The van der Waals surface area contributed by atoms with E-state index in [4.69, 9.17) is 4.74 Å². The highest BCUT2D eigenvalue weighted by Gasteiger charge is 2.47. The van der Waals surface area contributed by atoms with Crippen LogP contribution < -0.4 is 0 Å². The molecule has 0 radical (unpaired) electrons. The highest BCUT2D eigenvalue weighted by Crippen LogP contribution is 2.40. The standard InChI is InChI=1S/C11H22O3Si/c1-11(2,3)15(4,5)10(13)8-6-7-9(12)14-8/h8,10,13H,6-7H2,1-5H3/t8-,10?/m0/s1. The molecule has 1 N–H and O–H groups in total. The van der Waals surface area contributed by atoms with Gasteiger partial charge < -0.3 is 9.84 Å². The fourth-order valence-corrected chi connectivity index (χ4v) is 3.73. The monoisotopic (exact) mass is 230 g/mol. The van der Waals surface area contributed by atoms with Gasteiger partial charge in [-0.3, -0.25) is 4.79 Å². The van der Waals surface area contributed by atoms with Crippen LogP contribution in [0.4, 0.5) is 0 Å². The zero-order valence-corrected chi connectivity index (χ0v) is 11.3. The lowest BCUT2D eigenvalue weighted by Gasteiger charge is -2.42. The van der Waals surface area contributed by atoms with Crippen LogP contribution in [0.15, 0.2) is 0 Å². The van der Waals surface area contributed by atoms with E-state index >= 15 is 0 Å². The molecule has 0 amide bonds. The minimum absolute atomic E-state index is 0.113. The second kappa shape index (κ2) is 3.90. The van der Waals surface area contributed by atoms with E-state index in [0.29, 0.717) is 12.8 Å². The van der Waals surface area contributed by atoms with Crippen LogP contribution in [0.3, 0.4) is 0 Å². The summed E-state index contributed by atoms with van der Waals surface area (Å²) in [7, 11) is -1.82. The lowest BCUT2D eigenvalue weighted by molar-refractivity contribution is -0.143. The molecule has 0 aromatic carbocycles. The topological polar surface area (TPSA) is 46.5 Å². The average Bonchev–Trinajstić information content (AvgIpc) is 2.48. The maximum Gasteiger partial charge on any atom is 0.306 e. The van der Waals surface area contributed by atoms with E-state index in [0.717, 1.165) is 0 Å². The summed E-state index contributed by atoms with van der Waals surface area (Å²) in [6, 6.07) is 0. The van der Waals surface area contributed by atoms with Crippen molar-refractivity contribution in [1.29, 1.82) is 0 Å². The number of hydrogen-bond acceptors (Lipinski definition) is 3. The van der Waals surface area contributed by atoms with Crippen LogP contribution in [-0.4, -0.2) is 31.0 Å². The van der Waals surface area contributed by atoms with Crippen molar-refractivity contribution in [3.05, 3.63) is 0 Å². The molecule has 2 atom stereocenters. The molecule has 1 aliphatic rings. The van der Waals surface area contributed by atoms with Gasteiger partial charge in [0, 0.05) is 6.42 Å². The summed E-state index contributed by atoms with van der Waals surface area (Å²) in [5, 5.41) is 10.4. The fraction of sp³-hybridized carbons (Fsp3) is 0.909. The van der Waals surface area contributed by atoms with Gasteiger partial charge >= 0.3 is 5.97 Å². The Morgan fingerprint density at radius 1 is 1.47 bits per heavy atom. The molecule has 1 saturated heterocycles. The highest BCUT2D eigenvalue weighted by molar-refractivity contribution is 6.81. The molecule has 0 aromatic rings. The van der Waals surface area contributed by atoms with Gasteiger partial charge in [0.25, 0.3) is 0 Å². The van der Waals surface area contributed by atoms with Crippen molar-refractivity contribution in [2.75, 3.05) is 0 Å². The zero-order chi connectivity index (χ0) is 11.9. The SMILES string of the molecule is CC(C)(C)[Si](C)(C)C(O)[C@@H]1CCC(=O)O1. The second-order valence-electron chi connectivity index (χ2n) is 5.98. The smallest absolute Gasteiger partial charge is 0.306 e. The Morgan fingerprint density at radius 3 is 2.33 bits per heavy atom. The molecule has 0 saturated carbocycles. The molecule has 1 fully saturated rings. The zero-order valence-electron chi connectivity index (χ0n) is 10.3. The fourth-order valence-electron chi connectivity index (χ4n) is 1.68. The Hall–Kier alpha value is -0.353. The number of carbonyl (C=O) groups excluding carboxylic acids is 1. The lowest BCUT2D eigenvalue weighted by Crippen LogP contribution is -2.54. The molecule has 15 heavy (non-hydrogen) atoms. The van der Waals surface area contributed by atoms with E-state index in [-0.39, 0.29) is 17.1 Å². The predicted molar refractivity (Wildman–Crippen MR) is 62.3 cm³/mol. The van der Waals surface area contributed by atoms with Crippen LogP contribution in [-0.2, 0) is 9.53 Å². The molecule has 1 heterocycles. The first-order valence-electron chi connectivity index (χ1n) is 5.54. The van der Waals surface area contributed by atoms with E-state index in [2.05, 4.69) is 33.9 Å². The van der Waals surface area contributed by atoms with Crippen LogP contribution in [0, 0.1) is 0 Å². The molecule has 3 nitrogen and oxygen atoms in total. The summed E-state index contributed by atoms with van der Waals surface area (Å²) in [6.07, 6.45) is 0.862. The van der Waals surface area contributed by atoms with Gasteiger partial charge in [0.05, 0.1) is 13.8 Å². The molecular formula is C11H22O3Si. The Balaban J connectivity index is 2.75. The van der Waals surface area contributed by atoms with Gasteiger partial charge in [-0.15, -0.1) is 0 Å². The van der Waals surface area contributed by atoms with Crippen molar-refractivity contribution in [3.8, 4) is 0 Å². The molecule has 0 bridgehead atoms. The van der Waals surface area contributed by atoms with E-state index in [1.54, 1.807) is 0 Å². The summed E-state index contributed by atoms with van der Waals surface area (Å²) in [6.45, 7) is 10.8. The molecule has 1 aliphatic heterocycles. The van der Waals surface area contributed by atoms with Gasteiger partial charge in [0.2, 0.25) is 0 Å². The Morgan fingerprint density at radius 2 is 2.00 bits per heavy atom. The third-order valence-electron chi connectivity index (χ3n) is 3.94. The van der Waals surface area contributed by atoms with Crippen LogP contribution in [0.2, 0.25) is 18.1 Å². The van der Waals surface area contributed by atoms with E-state index in [1.807, 2.05) is 0 Å². The third kappa shape index (κ3) is 2.42. The molecule has 0 aliphatic carbocycles. The third-order valence-corrected chi connectivity index (χ3v) is 9.66. The number of cyclic esters (lactones) is 1. The van der Waals surface area contributed by atoms with Gasteiger partial charge in [0.15, 0.2) is 0 Å². The van der Waals surface area contributed by atoms with Crippen molar-refractivity contribution < 1.29 is 14.6 Å². The molecule has 4 heteroatoms. The maximum atomic E-state index is 11.0. The number of carbonyl (C=O) groups is 1. The van der Waals surface area contributed by atoms with Gasteiger partial charge in [-0.2, -0.15) is 0 Å². The maximum absolute atomic E-state index is 11.0. The van der Waals surface area contributed by atoms with Crippen LogP contribution in [0.5, 0.6) is 0 Å². The summed E-state index contributed by atoms with van der Waals surface area (Å²) in [4.78, 5) is 11.0. The number of hydrogen-bond donors (Lipinski definition) is 1. The Kier molecular flexibility index (Phi) is 3.31. The first-order valence-corrected chi connectivity index (χ1v) is 8.61. The minimum atomic E-state index is -1.82. The van der Waals surface area contributed by atoms with E-state index < -0.39 is 13.8 Å². The van der Waals surface area contributed by atoms with E-state index in [9.17, 15) is 9.90 Å². The van der Waals surface area contributed by atoms with Crippen molar-refractivity contribution in [2.45, 2.75) is 63.6 Å². The van der Waals surface area contributed by atoms with Crippen molar-refractivity contribution in [2.24, 2.45) is 0 Å². The van der Waals surface area contributed by atoms with Crippen LogP contribution >= 0.6 is 0 Å². The molecule has 88 valence electrons. The number of ether oxygens (including phenoxy) is 1. The van der Waals surface area contributed by atoms with Gasteiger partial charge in [-0.25, -0.2) is 0 Å². The number of aliphatic hydroxyl groups is 1. The lowest BCUT2D eigenvalue weighted by atomic mass is 10.2. The summed E-state index contributed by atoms with van der Waals surface area (Å²) in [5.74, 6) is -0.169. The van der Waals surface area contributed by atoms with Crippen molar-refractivity contribution in [1.82, 2.24) is 0 Å². The van der Waals surface area contributed by atoms with Crippen LogP contribution in [0.1, 0.15) is 33.6 Å². The Bertz CT molecular complexity index is 255. The quantitative estimate of drug-likeness (QED) is 0.584. The first-order chi connectivity index (χ1) is 6.66.